The maximum Gasteiger partial charge on any atom is 0.418 e. The monoisotopic (exact) mass is 386 g/mol. The Bertz CT molecular complexity index is 832. The Morgan fingerprint density at radius 2 is 1.59 bits per heavy atom. The minimum absolute atomic E-state index is 0.398. The Hall–Kier alpha value is -2.97. The summed E-state index contributed by atoms with van der Waals surface area (Å²) in [6.07, 6.45) is -5.15. The molecule has 0 aliphatic rings. The van der Waals surface area contributed by atoms with Gasteiger partial charge in [0.15, 0.2) is 0 Å². The van der Waals surface area contributed by atoms with Crippen molar-refractivity contribution >= 4 is 23.2 Å². The lowest BCUT2D eigenvalue weighted by Crippen LogP contribution is -2.33. The highest BCUT2D eigenvalue weighted by Crippen LogP contribution is 2.36. The molecule has 0 radical (unpaired) electrons. The van der Waals surface area contributed by atoms with E-state index in [-0.39, 0.29) is 0 Å². The molecule has 0 saturated heterocycles. The van der Waals surface area contributed by atoms with Crippen LogP contribution in [-0.4, -0.2) is 18.4 Å². The Labute approximate surface area is 151 Å². The number of para-hydroxylation sites is 2. The van der Waals surface area contributed by atoms with Crippen LogP contribution < -0.4 is 10.2 Å². The highest BCUT2D eigenvalue weighted by atomic mass is 19.4. The summed E-state index contributed by atoms with van der Waals surface area (Å²) in [5.74, 6) is -3.55. The summed E-state index contributed by atoms with van der Waals surface area (Å²) in [7, 11) is 0. The van der Waals surface area contributed by atoms with E-state index >= 15 is 0 Å². The van der Waals surface area contributed by atoms with Crippen LogP contribution in [0.25, 0.3) is 0 Å². The zero-order valence-electron chi connectivity index (χ0n) is 14.1. The van der Waals surface area contributed by atoms with E-state index in [0.717, 1.165) is 42.2 Å². The predicted molar refractivity (Wildman–Crippen MR) is 89.1 cm³/mol. The Kier molecular flexibility index (Phi) is 6.14. The van der Waals surface area contributed by atoms with Crippen molar-refractivity contribution in [1.82, 2.24) is 0 Å². The molecular formula is C18H15F5N2O2. The number of nitrogens with zero attached hydrogens (tertiary/aromatic N) is 1. The van der Waals surface area contributed by atoms with Crippen LogP contribution in [-0.2, 0) is 15.8 Å². The first kappa shape index (κ1) is 20.3. The first-order valence-electron chi connectivity index (χ1n) is 7.79. The topological polar surface area (TPSA) is 49.4 Å². The lowest BCUT2D eigenvalue weighted by Gasteiger charge is -2.24. The number of nitrogens with one attached hydrogen (secondary N) is 1. The molecule has 0 aliphatic carbocycles. The number of alkyl halides is 3. The zero-order valence-corrected chi connectivity index (χ0v) is 14.1. The van der Waals surface area contributed by atoms with Crippen LogP contribution in [0.1, 0.15) is 18.9 Å². The van der Waals surface area contributed by atoms with Gasteiger partial charge in [-0.2, -0.15) is 13.2 Å². The highest BCUT2D eigenvalue weighted by molar-refractivity contribution is 5.95. The van der Waals surface area contributed by atoms with Crippen molar-refractivity contribution in [3.63, 3.8) is 0 Å². The fraction of sp³-hybridized carbons (Fsp3) is 0.222. The van der Waals surface area contributed by atoms with Gasteiger partial charge < -0.3 is 10.2 Å². The number of benzene rings is 2. The first-order chi connectivity index (χ1) is 12.6. The van der Waals surface area contributed by atoms with E-state index in [1.54, 1.807) is 0 Å². The Morgan fingerprint density at radius 1 is 1.00 bits per heavy atom. The molecule has 2 rings (SSSR count). The fourth-order valence-corrected chi connectivity index (χ4v) is 2.43. The number of hydrogen-bond acceptors (Lipinski definition) is 2. The van der Waals surface area contributed by atoms with Crippen molar-refractivity contribution in [2.75, 3.05) is 16.8 Å². The molecule has 144 valence electrons. The molecule has 2 aromatic rings. The van der Waals surface area contributed by atoms with Gasteiger partial charge in [-0.3, -0.25) is 9.59 Å². The van der Waals surface area contributed by atoms with Crippen molar-refractivity contribution in [2.24, 2.45) is 0 Å². The third kappa shape index (κ3) is 5.02. The molecule has 0 atom stereocenters. The van der Waals surface area contributed by atoms with Gasteiger partial charge in [0.05, 0.1) is 11.3 Å². The lowest BCUT2D eigenvalue weighted by molar-refractivity contribution is -0.137. The van der Waals surface area contributed by atoms with Crippen molar-refractivity contribution < 1.29 is 31.5 Å². The average molecular weight is 386 g/mol. The largest absolute Gasteiger partial charge is 0.418 e. The molecular weight excluding hydrogens is 371 g/mol. The molecule has 2 amide bonds. The van der Waals surface area contributed by atoms with Gasteiger partial charge in [0.1, 0.15) is 17.3 Å². The Balaban J connectivity index is 2.17. The summed E-state index contributed by atoms with van der Waals surface area (Å²) in [4.78, 5) is 24.6. The standard InChI is InChI=1S/C18H15F5N2O2/c1-11(26)25(15-8-3-2-5-12(15)18(21,22)23)10-9-16(27)24-17-13(19)6-4-7-14(17)20/h2-8H,9-10H2,1H3,(H,24,27). The summed E-state index contributed by atoms with van der Waals surface area (Å²) >= 11 is 0. The Morgan fingerprint density at radius 3 is 2.15 bits per heavy atom. The van der Waals surface area contributed by atoms with E-state index < -0.39 is 59.5 Å². The number of halogens is 5. The van der Waals surface area contributed by atoms with Crippen LogP contribution in [0.15, 0.2) is 42.5 Å². The van der Waals surface area contributed by atoms with Crippen LogP contribution in [0.2, 0.25) is 0 Å². The number of hydrogen-bond donors (Lipinski definition) is 1. The van der Waals surface area contributed by atoms with Crippen LogP contribution in [0.4, 0.5) is 33.3 Å². The SMILES string of the molecule is CC(=O)N(CCC(=O)Nc1c(F)cccc1F)c1ccccc1C(F)(F)F. The van der Waals surface area contributed by atoms with Crippen LogP contribution in [0.3, 0.4) is 0 Å². The van der Waals surface area contributed by atoms with Gasteiger partial charge in [0, 0.05) is 19.9 Å². The average Bonchev–Trinajstić information content (AvgIpc) is 2.58. The van der Waals surface area contributed by atoms with Crippen LogP contribution >= 0.6 is 0 Å². The second kappa shape index (κ2) is 8.15. The molecule has 0 saturated carbocycles. The van der Waals surface area contributed by atoms with Crippen LogP contribution in [0, 0.1) is 11.6 Å². The predicted octanol–water partition coefficient (Wildman–Crippen LogP) is 4.37. The molecule has 0 fully saturated rings. The van der Waals surface area contributed by atoms with Crippen molar-refractivity contribution in [3.8, 4) is 0 Å². The van der Waals surface area contributed by atoms with Gasteiger partial charge in [-0.15, -0.1) is 0 Å². The second-order valence-corrected chi connectivity index (χ2v) is 5.58. The van der Waals surface area contributed by atoms with Gasteiger partial charge in [0.2, 0.25) is 11.8 Å². The summed E-state index contributed by atoms with van der Waals surface area (Å²) in [6, 6.07) is 7.44. The molecule has 4 nitrogen and oxygen atoms in total. The molecule has 2 aromatic carbocycles. The van der Waals surface area contributed by atoms with E-state index in [4.69, 9.17) is 0 Å². The molecule has 0 aliphatic heterocycles. The summed E-state index contributed by atoms with van der Waals surface area (Å²) < 4.78 is 66.5. The quantitative estimate of drug-likeness (QED) is 0.776. The van der Waals surface area contributed by atoms with Crippen molar-refractivity contribution in [2.45, 2.75) is 19.5 Å². The molecule has 27 heavy (non-hydrogen) atoms. The van der Waals surface area contributed by atoms with Crippen molar-refractivity contribution in [1.29, 1.82) is 0 Å². The van der Waals surface area contributed by atoms with Gasteiger partial charge in [-0.05, 0) is 24.3 Å². The number of carbonyl (C=O) groups excluding carboxylic acids is 2. The summed E-state index contributed by atoms with van der Waals surface area (Å²) in [5, 5.41) is 2.02. The molecule has 1 N–H and O–H groups in total. The number of carbonyl (C=O) groups is 2. The van der Waals surface area contributed by atoms with E-state index in [0.29, 0.717) is 0 Å². The molecule has 0 spiro atoms. The minimum atomic E-state index is -4.69. The number of amides is 2. The molecule has 0 aromatic heterocycles. The molecule has 9 heteroatoms. The second-order valence-electron chi connectivity index (χ2n) is 5.58. The van der Waals surface area contributed by atoms with E-state index in [2.05, 4.69) is 0 Å². The van der Waals surface area contributed by atoms with Gasteiger partial charge >= 0.3 is 6.18 Å². The third-order valence-electron chi connectivity index (χ3n) is 3.67. The zero-order chi connectivity index (χ0) is 20.2. The molecule has 0 heterocycles. The normalized spacial score (nSPS) is 11.2. The maximum absolute atomic E-state index is 13.5. The summed E-state index contributed by atoms with van der Waals surface area (Å²) in [6.45, 7) is 0.659. The number of anilines is 2. The van der Waals surface area contributed by atoms with E-state index in [9.17, 15) is 31.5 Å². The fourth-order valence-electron chi connectivity index (χ4n) is 2.43. The van der Waals surface area contributed by atoms with E-state index in [1.165, 1.54) is 12.1 Å². The van der Waals surface area contributed by atoms with Gasteiger partial charge in [-0.1, -0.05) is 18.2 Å². The smallest absolute Gasteiger partial charge is 0.321 e. The van der Waals surface area contributed by atoms with Gasteiger partial charge in [0.25, 0.3) is 0 Å². The highest BCUT2D eigenvalue weighted by Gasteiger charge is 2.35. The minimum Gasteiger partial charge on any atom is -0.321 e. The molecule has 0 bridgehead atoms. The molecule has 0 unspecified atom stereocenters. The van der Waals surface area contributed by atoms with Crippen LogP contribution in [0.5, 0.6) is 0 Å². The third-order valence-corrected chi connectivity index (χ3v) is 3.67. The lowest BCUT2D eigenvalue weighted by atomic mass is 10.1. The van der Waals surface area contributed by atoms with E-state index in [1.807, 2.05) is 5.32 Å². The first-order valence-corrected chi connectivity index (χ1v) is 7.79. The van der Waals surface area contributed by atoms with Crippen molar-refractivity contribution in [3.05, 3.63) is 59.7 Å². The maximum atomic E-state index is 13.5. The summed E-state index contributed by atoms with van der Waals surface area (Å²) in [5.41, 5.74) is -2.09. The van der Waals surface area contributed by atoms with Gasteiger partial charge in [-0.25, -0.2) is 8.78 Å². The number of rotatable bonds is 5.